The Labute approximate surface area is 119 Å². The molecule has 1 aliphatic heterocycles. The van der Waals surface area contributed by atoms with Gasteiger partial charge in [-0.2, -0.15) is 0 Å². The first-order chi connectivity index (χ1) is 9.20. The summed E-state index contributed by atoms with van der Waals surface area (Å²) >= 11 is 1.81. The number of hydrogen-bond donors (Lipinski definition) is 1. The molecule has 0 bridgehead atoms. The van der Waals surface area contributed by atoms with Crippen LogP contribution in [-0.4, -0.2) is 28.4 Å². The van der Waals surface area contributed by atoms with Crippen LogP contribution in [0, 0.1) is 0 Å². The van der Waals surface area contributed by atoms with Crippen molar-refractivity contribution in [2.75, 3.05) is 18.0 Å². The molecule has 1 unspecified atom stereocenters. The first kappa shape index (κ1) is 14.3. The molecular formula is C15H22N2OS. The summed E-state index contributed by atoms with van der Waals surface area (Å²) in [5, 5.41) is 0.162. The lowest BCUT2D eigenvalue weighted by atomic mass is 10.1. The molecule has 1 fully saturated rings. The largest absolute Gasteiger partial charge is 0.399 e. The Morgan fingerprint density at radius 1 is 1.47 bits per heavy atom. The van der Waals surface area contributed by atoms with E-state index in [1.807, 2.05) is 47.9 Å². The number of thioether (sulfide) groups is 1. The Balaban J connectivity index is 2.00. The molecule has 1 aromatic carbocycles. The molecule has 1 heterocycles. The van der Waals surface area contributed by atoms with Crippen molar-refractivity contribution >= 4 is 23.4 Å². The number of benzene rings is 1. The first-order valence-corrected chi connectivity index (χ1v) is 8.00. The molecule has 0 radical (unpaired) electrons. The van der Waals surface area contributed by atoms with Crippen molar-refractivity contribution in [1.82, 2.24) is 4.90 Å². The summed E-state index contributed by atoms with van der Waals surface area (Å²) in [7, 11) is 0. The van der Waals surface area contributed by atoms with Crippen molar-refractivity contribution in [2.45, 2.75) is 38.0 Å². The molecule has 1 amide bonds. The Morgan fingerprint density at radius 3 is 2.95 bits per heavy atom. The number of rotatable bonds is 4. The smallest absolute Gasteiger partial charge is 0.235 e. The topological polar surface area (TPSA) is 46.3 Å². The molecule has 0 aliphatic carbocycles. The summed E-state index contributed by atoms with van der Waals surface area (Å²) in [6.45, 7) is 3.46. The monoisotopic (exact) mass is 278 g/mol. The van der Waals surface area contributed by atoms with Crippen LogP contribution < -0.4 is 5.73 Å². The second-order valence-corrected chi connectivity index (χ2v) is 6.26. The highest BCUT2D eigenvalue weighted by Gasteiger charge is 2.25. The van der Waals surface area contributed by atoms with Gasteiger partial charge in [0.25, 0.3) is 0 Å². The lowest BCUT2D eigenvalue weighted by Crippen LogP contribution is -2.38. The van der Waals surface area contributed by atoms with Gasteiger partial charge in [-0.1, -0.05) is 18.6 Å². The summed E-state index contributed by atoms with van der Waals surface area (Å²) in [6, 6.07) is 7.79. The Bertz CT molecular complexity index is 430. The van der Waals surface area contributed by atoms with E-state index in [9.17, 15) is 4.79 Å². The van der Waals surface area contributed by atoms with Gasteiger partial charge >= 0.3 is 0 Å². The van der Waals surface area contributed by atoms with Gasteiger partial charge in [-0.25, -0.2) is 0 Å². The van der Waals surface area contributed by atoms with E-state index in [2.05, 4.69) is 0 Å². The average molecular weight is 278 g/mol. The van der Waals surface area contributed by atoms with Gasteiger partial charge in [0.2, 0.25) is 5.91 Å². The third kappa shape index (κ3) is 3.90. The quantitative estimate of drug-likeness (QED) is 0.861. The van der Waals surface area contributed by atoms with E-state index in [0.717, 1.165) is 30.0 Å². The van der Waals surface area contributed by atoms with Gasteiger partial charge < -0.3 is 10.6 Å². The van der Waals surface area contributed by atoms with E-state index in [-0.39, 0.29) is 11.2 Å². The van der Waals surface area contributed by atoms with Gasteiger partial charge in [0.1, 0.15) is 0 Å². The predicted molar refractivity (Wildman–Crippen MR) is 82.0 cm³/mol. The molecule has 0 saturated carbocycles. The number of nitrogen functional groups attached to an aromatic ring is 1. The normalized spacial score (nSPS) is 19.1. The minimum atomic E-state index is 0.162. The van der Waals surface area contributed by atoms with E-state index in [1.165, 1.54) is 12.8 Å². The third-order valence-corrected chi connectivity index (χ3v) is 4.84. The first-order valence-electron chi connectivity index (χ1n) is 6.95. The lowest BCUT2D eigenvalue weighted by Gasteiger charge is -2.28. The lowest BCUT2D eigenvalue weighted by molar-refractivity contribution is -0.131. The van der Waals surface area contributed by atoms with Crippen LogP contribution in [0.2, 0.25) is 0 Å². The maximum absolute atomic E-state index is 12.5. The van der Waals surface area contributed by atoms with E-state index in [1.54, 1.807) is 0 Å². The minimum absolute atomic E-state index is 0.162. The molecule has 0 spiro atoms. The number of amides is 1. The molecule has 4 heteroatoms. The summed E-state index contributed by atoms with van der Waals surface area (Å²) in [5.74, 6) is 1.40. The van der Waals surface area contributed by atoms with Crippen molar-refractivity contribution in [3.63, 3.8) is 0 Å². The zero-order valence-electron chi connectivity index (χ0n) is 11.5. The molecule has 1 atom stereocenters. The molecule has 0 aromatic heterocycles. The summed E-state index contributed by atoms with van der Waals surface area (Å²) < 4.78 is 0. The number of anilines is 1. The summed E-state index contributed by atoms with van der Waals surface area (Å²) in [6.07, 6.45) is 3.45. The fourth-order valence-corrected chi connectivity index (χ4v) is 3.68. The van der Waals surface area contributed by atoms with E-state index >= 15 is 0 Å². The highest BCUT2D eigenvalue weighted by molar-refractivity contribution is 8.00. The fraction of sp³-hybridized carbons (Fsp3) is 0.533. The maximum Gasteiger partial charge on any atom is 0.235 e. The Morgan fingerprint density at radius 2 is 2.32 bits per heavy atom. The third-order valence-electron chi connectivity index (χ3n) is 3.47. The van der Waals surface area contributed by atoms with E-state index in [0.29, 0.717) is 6.54 Å². The van der Waals surface area contributed by atoms with Crippen molar-refractivity contribution in [2.24, 2.45) is 0 Å². The standard InChI is InChI=1S/C15H22N2OS/c1-2-17(11-12-6-5-7-13(16)10-12)15(18)14-8-3-4-9-19-14/h5-7,10,14H,2-4,8-9,11,16H2,1H3. The summed E-state index contributed by atoms with van der Waals surface area (Å²) in [5.41, 5.74) is 7.65. The van der Waals surface area contributed by atoms with Gasteiger partial charge in [0.15, 0.2) is 0 Å². The van der Waals surface area contributed by atoms with Crippen molar-refractivity contribution in [1.29, 1.82) is 0 Å². The molecular weight excluding hydrogens is 256 g/mol. The van der Waals surface area contributed by atoms with Gasteiger partial charge in [-0.05, 0) is 43.2 Å². The molecule has 1 aliphatic rings. The van der Waals surface area contributed by atoms with Crippen molar-refractivity contribution < 1.29 is 4.79 Å². The molecule has 3 nitrogen and oxygen atoms in total. The predicted octanol–water partition coefficient (Wildman–Crippen LogP) is 2.90. The van der Waals surface area contributed by atoms with Crippen LogP contribution in [-0.2, 0) is 11.3 Å². The van der Waals surface area contributed by atoms with Crippen LogP contribution in [0.15, 0.2) is 24.3 Å². The average Bonchev–Trinajstić information content (AvgIpc) is 2.45. The van der Waals surface area contributed by atoms with E-state index < -0.39 is 0 Å². The second kappa shape index (κ2) is 6.85. The van der Waals surface area contributed by atoms with Gasteiger partial charge in [-0.15, -0.1) is 11.8 Å². The molecule has 2 rings (SSSR count). The molecule has 19 heavy (non-hydrogen) atoms. The zero-order valence-corrected chi connectivity index (χ0v) is 12.3. The minimum Gasteiger partial charge on any atom is -0.399 e. The second-order valence-electron chi connectivity index (χ2n) is 4.95. The molecule has 1 saturated heterocycles. The Hall–Kier alpha value is -1.16. The number of carbonyl (C=O) groups is 1. The zero-order chi connectivity index (χ0) is 13.7. The fourth-order valence-electron chi connectivity index (χ4n) is 2.40. The summed E-state index contributed by atoms with van der Waals surface area (Å²) in [4.78, 5) is 14.4. The molecule has 1 aromatic rings. The highest BCUT2D eigenvalue weighted by atomic mass is 32.2. The number of nitrogens with zero attached hydrogens (tertiary/aromatic N) is 1. The van der Waals surface area contributed by atoms with Crippen LogP contribution >= 0.6 is 11.8 Å². The number of nitrogens with two attached hydrogens (primary N) is 1. The van der Waals surface area contributed by atoms with Crippen LogP contribution in [0.1, 0.15) is 31.7 Å². The van der Waals surface area contributed by atoms with Gasteiger partial charge in [-0.3, -0.25) is 4.79 Å². The van der Waals surface area contributed by atoms with Crippen molar-refractivity contribution in [3.8, 4) is 0 Å². The van der Waals surface area contributed by atoms with Gasteiger partial charge in [0, 0.05) is 18.8 Å². The maximum atomic E-state index is 12.5. The van der Waals surface area contributed by atoms with Crippen LogP contribution in [0.5, 0.6) is 0 Å². The van der Waals surface area contributed by atoms with Crippen LogP contribution in [0.25, 0.3) is 0 Å². The van der Waals surface area contributed by atoms with Gasteiger partial charge in [0.05, 0.1) is 5.25 Å². The van der Waals surface area contributed by atoms with Crippen LogP contribution in [0.3, 0.4) is 0 Å². The van der Waals surface area contributed by atoms with Crippen molar-refractivity contribution in [3.05, 3.63) is 29.8 Å². The number of hydrogen-bond acceptors (Lipinski definition) is 3. The molecule has 104 valence electrons. The number of carbonyl (C=O) groups excluding carboxylic acids is 1. The highest BCUT2D eigenvalue weighted by Crippen LogP contribution is 2.27. The van der Waals surface area contributed by atoms with E-state index in [4.69, 9.17) is 5.73 Å². The Kier molecular flexibility index (Phi) is 5.14. The SMILES string of the molecule is CCN(Cc1cccc(N)c1)C(=O)C1CCCCS1. The molecule has 2 N–H and O–H groups in total. The van der Waals surface area contributed by atoms with Crippen LogP contribution in [0.4, 0.5) is 5.69 Å².